The van der Waals surface area contributed by atoms with Crippen molar-refractivity contribution in [3.8, 4) is 0 Å². The summed E-state index contributed by atoms with van der Waals surface area (Å²) in [6.45, 7) is 0.768. The van der Waals surface area contributed by atoms with Crippen LogP contribution in [0.1, 0.15) is 62.7 Å². The van der Waals surface area contributed by atoms with Gasteiger partial charge in [-0.05, 0) is 37.8 Å². The van der Waals surface area contributed by atoms with E-state index in [9.17, 15) is 4.79 Å². The minimum atomic E-state index is -0.0503. The second-order valence-electron chi connectivity index (χ2n) is 6.99. The van der Waals surface area contributed by atoms with Crippen LogP contribution in [0.15, 0.2) is 36.7 Å². The molecule has 1 N–H and O–H groups in total. The molecule has 1 atom stereocenters. The summed E-state index contributed by atoms with van der Waals surface area (Å²) in [6, 6.07) is 8.21. The van der Waals surface area contributed by atoms with E-state index in [1.807, 2.05) is 33.8 Å². The van der Waals surface area contributed by atoms with Gasteiger partial charge in [0.2, 0.25) is 0 Å². The molecule has 0 spiro atoms. The van der Waals surface area contributed by atoms with Crippen LogP contribution >= 0.6 is 0 Å². The van der Waals surface area contributed by atoms with Crippen molar-refractivity contribution < 1.29 is 4.79 Å². The quantitative estimate of drug-likeness (QED) is 0.913. The lowest BCUT2D eigenvalue weighted by Crippen LogP contribution is -2.35. The van der Waals surface area contributed by atoms with Crippen LogP contribution in [0.5, 0.6) is 0 Å². The van der Waals surface area contributed by atoms with Crippen molar-refractivity contribution >= 4 is 11.8 Å². The predicted octanol–water partition coefficient (Wildman–Crippen LogP) is 4.15. The SMILES string of the molecule is O=C(Nc1ccnn1C1CCCCC1)N1CCC[C@H]1c1ccccn1. The first-order valence-electron chi connectivity index (χ1n) is 9.35. The summed E-state index contributed by atoms with van der Waals surface area (Å²) in [5, 5.41) is 7.56. The molecule has 132 valence electrons. The van der Waals surface area contributed by atoms with Gasteiger partial charge in [0.1, 0.15) is 5.82 Å². The van der Waals surface area contributed by atoms with Gasteiger partial charge in [-0.2, -0.15) is 5.10 Å². The molecule has 3 heterocycles. The van der Waals surface area contributed by atoms with E-state index in [1.54, 1.807) is 12.4 Å². The topological polar surface area (TPSA) is 63.1 Å². The molecular weight excluding hydrogens is 314 g/mol. The number of amides is 2. The summed E-state index contributed by atoms with van der Waals surface area (Å²) >= 11 is 0. The fourth-order valence-corrected chi connectivity index (χ4v) is 4.10. The lowest BCUT2D eigenvalue weighted by molar-refractivity contribution is 0.205. The van der Waals surface area contributed by atoms with E-state index < -0.39 is 0 Å². The van der Waals surface area contributed by atoms with Crippen molar-refractivity contribution in [2.24, 2.45) is 0 Å². The molecule has 2 aliphatic rings. The monoisotopic (exact) mass is 339 g/mol. The number of hydrogen-bond acceptors (Lipinski definition) is 3. The molecule has 1 saturated carbocycles. The minimum absolute atomic E-state index is 0.0503. The summed E-state index contributed by atoms with van der Waals surface area (Å²) in [5.74, 6) is 0.809. The molecule has 6 nitrogen and oxygen atoms in total. The van der Waals surface area contributed by atoms with Gasteiger partial charge < -0.3 is 4.90 Å². The third kappa shape index (κ3) is 3.38. The average molecular weight is 339 g/mol. The number of carbonyl (C=O) groups excluding carboxylic acids is 1. The van der Waals surface area contributed by atoms with Crippen LogP contribution in [-0.2, 0) is 0 Å². The molecular formula is C19H25N5O. The van der Waals surface area contributed by atoms with Crippen molar-refractivity contribution in [3.63, 3.8) is 0 Å². The van der Waals surface area contributed by atoms with Gasteiger partial charge in [0.05, 0.1) is 24.0 Å². The Bertz CT molecular complexity index is 708. The zero-order chi connectivity index (χ0) is 17.1. The summed E-state index contributed by atoms with van der Waals surface area (Å²) in [5.41, 5.74) is 0.968. The number of likely N-dealkylation sites (tertiary alicyclic amines) is 1. The van der Waals surface area contributed by atoms with Gasteiger partial charge in [-0.25, -0.2) is 9.48 Å². The highest BCUT2D eigenvalue weighted by molar-refractivity contribution is 5.88. The Morgan fingerprint density at radius 3 is 2.72 bits per heavy atom. The van der Waals surface area contributed by atoms with E-state index in [4.69, 9.17) is 0 Å². The normalized spacial score (nSPS) is 21.4. The van der Waals surface area contributed by atoms with E-state index in [2.05, 4.69) is 15.4 Å². The number of carbonyl (C=O) groups is 1. The predicted molar refractivity (Wildman–Crippen MR) is 96.3 cm³/mol. The Hall–Kier alpha value is -2.37. The van der Waals surface area contributed by atoms with E-state index in [1.165, 1.54) is 19.3 Å². The summed E-state index contributed by atoms with van der Waals surface area (Å²) in [7, 11) is 0. The molecule has 2 fully saturated rings. The van der Waals surface area contributed by atoms with Crippen LogP contribution in [0.2, 0.25) is 0 Å². The molecule has 2 amide bonds. The highest BCUT2D eigenvalue weighted by atomic mass is 16.2. The molecule has 1 aliphatic heterocycles. The average Bonchev–Trinajstić information content (AvgIpc) is 3.32. The Labute approximate surface area is 148 Å². The van der Waals surface area contributed by atoms with Crippen molar-refractivity contribution in [1.29, 1.82) is 0 Å². The Morgan fingerprint density at radius 1 is 1.04 bits per heavy atom. The summed E-state index contributed by atoms with van der Waals surface area (Å²) in [4.78, 5) is 19.2. The second kappa shape index (κ2) is 7.25. The van der Waals surface area contributed by atoms with Crippen molar-refractivity contribution in [3.05, 3.63) is 42.4 Å². The maximum atomic E-state index is 12.9. The molecule has 2 aromatic rings. The van der Waals surface area contributed by atoms with Gasteiger partial charge in [0.25, 0.3) is 0 Å². The summed E-state index contributed by atoms with van der Waals surface area (Å²) in [6.07, 6.45) is 11.6. The first-order chi connectivity index (χ1) is 12.3. The van der Waals surface area contributed by atoms with Crippen LogP contribution in [0.25, 0.3) is 0 Å². The van der Waals surface area contributed by atoms with Gasteiger partial charge in [0.15, 0.2) is 0 Å². The third-order valence-corrected chi connectivity index (χ3v) is 5.37. The lowest BCUT2D eigenvalue weighted by Gasteiger charge is -2.27. The molecule has 0 bridgehead atoms. The number of hydrogen-bond donors (Lipinski definition) is 1. The number of rotatable bonds is 3. The fraction of sp³-hybridized carbons (Fsp3) is 0.526. The van der Waals surface area contributed by atoms with Crippen LogP contribution < -0.4 is 5.32 Å². The lowest BCUT2D eigenvalue weighted by atomic mass is 9.96. The molecule has 25 heavy (non-hydrogen) atoms. The van der Waals surface area contributed by atoms with Gasteiger partial charge in [0, 0.05) is 18.8 Å². The second-order valence-corrected chi connectivity index (χ2v) is 6.99. The zero-order valence-electron chi connectivity index (χ0n) is 14.5. The maximum absolute atomic E-state index is 12.9. The molecule has 0 unspecified atom stereocenters. The zero-order valence-corrected chi connectivity index (χ0v) is 14.5. The van der Waals surface area contributed by atoms with E-state index in [0.717, 1.165) is 43.7 Å². The van der Waals surface area contributed by atoms with Crippen LogP contribution in [-0.4, -0.2) is 32.2 Å². The van der Waals surface area contributed by atoms with Crippen molar-refractivity contribution in [2.45, 2.75) is 57.0 Å². The molecule has 4 rings (SSSR count). The molecule has 6 heteroatoms. The fourth-order valence-electron chi connectivity index (χ4n) is 4.10. The van der Waals surface area contributed by atoms with Gasteiger partial charge in [-0.15, -0.1) is 0 Å². The van der Waals surface area contributed by atoms with Crippen LogP contribution in [0, 0.1) is 0 Å². The smallest absolute Gasteiger partial charge is 0.316 e. The van der Waals surface area contributed by atoms with E-state index >= 15 is 0 Å². The van der Waals surface area contributed by atoms with Gasteiger partial charge >= 0.3 is 6.03 Å². The van der Waals surface area contributed by atoms with E-state index in [0.29, 0.717) is 6.04 Å². The third-order valence-electron chi connectivity index (χ3n) is 5.37. The van der Waals surface area contributed by atoms with Gasteiger partial charge in [-0.1, -0.05) is 25.3 Å². The van der Waals surface area contributed by atoms with Gasteiger partial charge in [-0.3, -0.25) is 10.3 Å². The standard InChI is InChI=1S/C19H25N5O/c25-19(23-14-6-10-17(23)16-9-4-5-12-20-16)22-18-11-13-21-24(18)15-7-2-1-3-8-15/h4-5,9,11-13,15,17H,1-3,6-8,10,14H2,(H,22,25)/t17-/m0/s1. The first-order valence-corrected chi connectivity index (χ1v) is 9.35. The first kappa shape index (κ1) is 16.1. The highest BCUT2D eigenvalue weighted by Crippen LogP contribution is 2.32. The Morgan fingerprint density at radius 2 is 1.92 bits per heavy atom. The van der Waals surface area contributed by atoms with Crippen LogP contribution in [0.3, 0.4) is 0 Å². The molecule has 0 radical (unpaired) electrons. The molecule has 2 aromatic heterocycles. The largest absolute Gasteiger partial charge is 0.323 e. The van der Waals surface area contributed by atoms with E-state index in [-0.39, 0.29) is 12.1 Å². The maximum Gasteiger partial charge on any atom is 0.323 e. The number of anilines is 1. The minimum Gasteiger partial charge on any atom is -0.316 e. The Balaban J connectivity index is 1.48. The number of nitrogens with one attached hydrogen (secondary N) is 1. The number of aromatic nitrogens is 3. The molecule has 0 aromatic carbocycles. The summed E-state index contributed by atoms with van der Waals surface area (Å²) < 4.78 is 2.00. The van der Waals surface area contributed by atoms with Crippen LogP contribution in [0.4, 0.5) is 10.6 Å². The number of nitrogens with zero attached hydrogens (tertiary/aromatic N) is 4. The van der Waals surface area contributed by atoms with Crippen molar-refractivity contribution in [2.75, 3.05) is 11.9 Å². The molecule has 1 aliphatic carbocycles. The highest BCUT2D eigenvalue weighted by Gasteiger charge is 2.31. The number of urea groups is 1. The number of pyridine rings is 1. The molecule has 1 saturated heterocycles. The van der Waals surface area contributed by atoms with Crippen molar-refractivity contribution in [1.82, 2.24) is 19.7 Å². The Kier molecular flexibility index (Phi) is 4.68.